The summed E-state index contributed by atoms with van der Waals surface area (Å²) in [5.74, 6) is 0.297. The van der Waals surface area contributed by atoms with E-state index in [0.29, 0.717) is 13.2 Å². The summed E-state index contributed by atoms with van der Waals surface area (Å²) in [4.78, 5) is 2.08. The first-order valence-corrected chi connectivity index (χ1v) is 5.84. The van der Waals surface area contributed by atoms with Gasteiger partial charge < -0.3 is 9.47 Å². The third kappa shape index (κ3) is 6.64. The Labute approximate surface area is 105 Å². The molecule has 0 aliphatic heterocycles. The molecule has 0 aromatic rings. The standard InChI is InChI=1S/C10H23NO2S.ClH/c1-5-12-10(3,13-6-2)11(4)8-7-9-14;/h14H,5-9H2,1-4H3;1H. The van der Waals surface area contributed by atoms with Crippen LogP contribution in [0.1, 0.15) is 27.2 Å². The second-order valence-electron chi connectivity index (χ2n) is 3.26. The Morgan fingerprint density at radius 2 is 1.67 bits per heavy atom. The van der Waals surface area contributed by atoms with E-state index in [1.807, 2.05) is 27.8 Å². The van der Waals surface area contributed by atoms with Crippen molar-refractivity contribution in [3.8, 4) is 0 Å². The summed E-state index contributed by atoms with van der Waals surface area (Å²) in [5, 5.41) is 0. The van der Waals surface area contributed by atoms with Crippen molar-refractivity contribution < 1.29 is 9.47 Å². The molecule has 0 aliphatic rings. The molecule has 0 aromatic carbocycles. The van der Waals surface area contributed by atoms with Gasteiger partial charge in [-0.15, -0.1) is 12.4 Å². The highest BCUT2D eigenvalue weighted by atomic mass is 35.5. The van der Waals surface area contributed by atoms with Gasteiger partial charge in [0.05, 0.1) is 0 Å². The Hall–Kier alpha value is 0.520. The van der Waals surface area contributed by atoms with Crippen LogP contribution in [-0.2, 0) is 9.47 Å². The van der Waals surface area contributed by atoms with Gasteiger partial charge in [-0.2, -0.15) is 12.6 Å². The number of rotatable bonds is 8. The molecule has 3 nitrogen and oxygen atoms in total. The highest BCUT2D eigenvalue weighted by molar-refractivity contribution is 7.80. The van der Waals surface area contributed by atoms with E-state index in [9.17, 15) is 0 Å². The van der Waals surface area contributed by atoms with Crippen molar-refractivity contribution in [2.45, 2.75) is 33.1 Å². The smallest absolute Gasteiger partial charge is 0.226 e. The third-order valence-corrected chi connectivity index (χ3v) is 2.49. The van der Waals surface area contributed by atoms with Crippen molar-refractivity contribution in [3.05, 3.63) is 0 Å². The van der Waals surface area contributed by atoms with E-state index in [1.165, 1.54) is 0 Å². The molecular weight excluding hydrogens is 234 g/mol. The van der Waals surface area contributed by atoms with Crippen LogP contribution in [0, 0.1) is 0 Å². The summed E-state index contributed by atoms with van der Waals surface area (Å²) in [7, 11) is 2.01. The first kappa shape index (κ1) is 17.9. The Morgan fingerprint density at radius 1 is 1.20 bits per heavy atom. The van der Waals surface area contributed by atoms with Crippen LogP contribution in [0.25, 0.3) is 0 Å². The molecule has 0 aliphatic carbocycles. The van der Waals surface area contributed by atoms with Crippen molar-refractivity contribution in [2.24, 2.45) is 0 Å². The lowest BCUT2D eigenvalue weighted by Crippen LogP contribution is -2.49. The van der Waals surface area contributed by atoms with E-state index in [2.05, 4.69) is 17.5 Å². The number of ether oxygens (including phenoxy) is 2. The van der Waals surface area contributed by atoms with Crippen LogP contribution in [0.4, 0.5) is 0 Å². The van der Waals surface area contributed by atoms with Gasteiger partial charge >= 0.3 is 0 Å². The van der Waals surface area contributed by atoms with Crippen molar-refractivity contribution in [2.75, 3.05) is 32.6 Å². The van der Waals surface area contributed by atoms with Gasteiger partial charge in [-0.25, -0.2) is 0 Å². The van der Waals surface area contributed by atoms with E-state index in [4.69, 9.17) is 9.47 Å². The van der Waals surface area contributed by atoms with E-state index >= 15 is 0 Å². The van der Waals surface area contributed by atoms with Crippen LogP contribution in [0.5, 0.6) is 0 Å². The zero-order valence-corrected chi connectivity index (χ0v) is 11.9. The summed E-state index contributed by atoms with van der Waals surface area (Å²) < 4.78 is 11.2. The van der Waals surface area contributed by atoms with Gasteiger partial charge in [0.1, 0.15) is 0 Å². The topological polar surface area (TPSA) is 21.7 Å². The lowest BCUT2D eigenvalue weighted by molar-refractivity contribution is -0.297. The zero-order valence-electron chi connectivity index (χ0n) is 10.2. The molecular formula is C10H24ClNO2S. The first-order chi connectivity index (χ1) is 6.60. The average molecular weight is 258 g/mol. The molecule has 0 amide bonds. The normalized spacial score (nSPS) is 11.6. The largest absolute Gasteiger partial charge is 0.338 e. The van der Waals surface area contributed by atoms with E-state index in [0.717, 1.165) is 18.7 Å². The molecule has 0 fully saturated rings. The minimum absolute atomic E-state index is 0. The number of thiol groups is 1. The highest BCUT2D eigenvalue weighted by Gasteiger charge is 2.29. The van der Waals surface area contributed by atoms with Gasteiger partial charge in [0, 0.05) is 26.7 Å². The maximum atomic E-state index is 5.61. The average Bonchev–Trinajstić information content (AvgIpc) is 2.15. The van der Waals surface area contributed by atoms with Gasteiger partial charge in [-0.05, 0) is 33.1 Å². The highest BCUT2D eigenvalue weighted by Crippen LogP contribution is 2.17. The summed E-state index contributed by atoms with van der Waals surface area (Å²) in [5.41, 5.74) is 0. The molecule has 15 heavy (non-hydrogen) atoms. The summed E-state index contributed by atoms with van der Waals surface area (Å²) >= 11 is 4.19. The summed E-state index contributed by atoms with van der Waals surface area (Å²) in [6.07, 6.45) is 1.04. The van der Waals surface area contributed by atoms with Crippen LogP contribution < -0.4 is 0 Å². The molecule has 0 saturated carbocycles. The second kappa shape index (κ2) is 9.73. The molecule has 0 spiro atoms. The van der Waals surface area contributed by atoms with Gasteiger partial charge in [-0.3, -0.25) is 4.90 Å². The summed E-state index contributed by atoms with van der Waals surface area (Å²) in [6.45, 7) is 8.15. The number of hydrogen-bond donors (Lipinski definition) is 1. The molecule has 0 radical (unpaired) electrons. The maximum Gasteiger partial charge on any atom is 0.226 e. The van der Waals surface area contributed by atoms with Crippen LogP contribution in [0.2, 0.25) is 0 Å². The van der Waals surface area contributed by atoms with Gasteiger partial charge in [0.25, 0.3) is 0 Å². The minimum atomic E-state index is -0.591. The maximum absolute atomic E-state index is 5.61. The first-order valence-electron chi connectivity index (χ1n) is 5.20. The molecule has 0 unspecified atom stereocenters. The van der Waals surface area contributed by atoms with E-state index < -0.39 is 5.91 Å². The van der Waals surface area contributed by atoms with Gasteiger partial charge in [-0.1, -0.05) is 0 Å². The number of nitrogens with zero attached hydrogens (tertiary/aromatic N) is 1. The predicted molar refractivity (Wildman–Crippen MR) is 70.0 cm³/mol. The monoisotopic (exact) mass is 257 g/mol. The third-order valence-electron chi connectivity index (χ3n) is 2.17. The SMILES string of the molecule is CCOC(C)(OCC)N(C)CCCS.Cl. The van der Waals surface area contributed by atoms with Crippen LogP contribution in [0.3, 0.4) is 0 Å². The molecule has 0 rings (SSSR count). The quantitative estimate of drug-likeness (QED) is 0.533. The lowest BCUT2D eigenvalue weighted by Gasteiger charge is -2.37. The summed E-state index contributed by atoms with van der Waals surface area (Å²) in [6, 6.07) is 0. The van der Waals surface area contributed by atoms with Crippen molar-refractivity contribution in [3.63, 3.8) is 0 Å². The van der Waals surface area contributed by atoms with Gasteiger partial charge in [0.2, 0.25) is 5.91 Å². The molecule has 0 aromatic heterocycles. The molecule has 0 atom stereocenters. The molecule has 0 N–H and O–H groups in total. The molecule has 0 heterocycles. The van der Waals surface area contributed by atoms with Crippen LogP contribution >= 0.6 is 25.0 Å². The zero-order chi connectivity index (χ0) is 11.0. The number of halogens is 1. The fourth-order valence-electron chi connectivity index (χ4n) is 1.31. The fourth-order valence-corrected chi connectivity index (χ4v) is 1.45. The lowest BCUT2D eigenvalue weighted by atomic mass is 10.4. The Kier molecular flexibility index (Phi) is 11.6. The van der Waals surface area contributed by atoms with Crippen LogP contribution in [-0.4, -0.2) is 43.4 Å². The Bertz CT molecular complexity index is 143. The van der Waals surface area contributed by atoms with Crippen molar-refractivity contribution >= 4 is 25.0 Å². The van der Waals surface area contributed by atoms with E-state index in [-0.39, 0.29) is 12.4 Å². The van der Waals surface area contributed by atoms with E-state index in [1.54, 1.807) is 0 Å². The number of hydrogen-bond acceptors (Lipinski definition) is 4. The molecule has 0 saturated heterocycles. The fraction of sp³-hybridized carbons (Fsp3) is 1.00. The van der Waals surface area contributed by atoms with Crippen molar-refractivity contribution in [1.29, 1.82) is 0 Å². The molecule has 94 valence electrons. The Balaban J connectivity index is 0. The van der Waals surface area contributed by atoms with Gasteiger partial charge in [0.15, 0.2) is 0 Å². The van der Waals surface area contributed by atoms with Crippen molar-refractivity contribution in [1.82, 2.24) is 4.90 Å². The molecule has 0 bridgehead atoms. The Morgan fingerprint density at radius 3 is 2.00 bits per heavy atom. The predicted octanol–water partition coefficient (Wildman–Crippen LogP) is 2.41. The minimum Gasteiger partial charge on any atom is -0.338 e. The molecule has 5 heteroatoms. The van der Waals surface area contributed by atoms with Crippen LogP contribution in [0.15, 0.2) is 0 Å². The second-order valence-corrected chi connectivity index (χ2v) is 3.71.